The molecule has 0 bridgehead atoms. The van der Waals surface area contributed by atoms with Crippen molar-refractivity contribution in [2.24, 2.45) is 0 Å². The molecule has 4 heteroatoms. The van der Waals surface area contributed by atoms with Gasteiger partial charge in [-0.25, -0.2) is 8.78 Å². The van der Waals surface area contributed by atoms with Crippen LogP contribution in [0.15, 0.2) is 42.5 Å². The molecule has 104 valence electrons. The molecule has 20 heavy (non-hydrogen) atoms. The van der Waals surface area contributed by atoms with E-state index in [0.717, 1.165) is 11.6 Å². The topological polar surface area (TPSA) is 26.3 Å². The first kappa shape index (κ1) is 14.2. The van der Waals surface area contributed by atoms with Crippen LogP contribution in [0.2, 0.25) is 0 Å². The number of benzene rings is 2. The molecule has 0 saturated carbocycles. The smallest absolute Gasteiger partial charge is 0.305 e. The number of methoxy groups -OCH3 is 1. The zero-order valence-corrected chi connectivity index (χ0v) is 11.0. The molecule has 0 aromatic heterocycles. The van der Waals surface area contributed by atoms with Crippen LogP contribution in [-0.4, -0.2) is 13.1 Å². The van der Waals surface area contributed by atoms with Crippen molar-refractivity contribution < 1.29 is 18.3 Å². The van der Waals surface area contributed by atoms with Crippen LogP contribution in [0.4, 0.5) is 8.78 Å². The minimum Gasteiger partial charge on any atom is -0.469 e. The quantitative estimate of drug-likeness (QED) is 0.795. The normalized spacial score (nSPS) is 10.3. The zero-order valence-electron chi connectivity index (χ0n) is 11.0. The molecule has 0 amide bonds. The SMILES string of the molecule is COC(=O)CCc1ccc(-c2ccc(F)cc2F)cc1. The van der Waals surface area contributed by atoms with Gasteiger partial charge in [0, 0.05) is 18.1 Å². The molecule has 0 aliphatic heterocycles. The highest BCUT2D eigenvalue weighted by atomic mass is 19.1. The fourth-order valence-electron chi connectivity index (χ4n) is 1.92. The van der Waals surface area contributed by atoms with E-state index in [9.17, 15) is 13.6 Å². The first-order chi connectivity index (χ1) is 9.60. The molecule has 0 heterocycles. The Labute approximate surface area is 116 Å². The van der Waals surface area contributed by atoms with Crippen LogP contribution in [0, 0.1) is 11.6 Å². The summed E-state index contributed by atoms with van der Waals surface area (Å²) in [7, 11) is 1.35. The number of halogens is 2. The van der Waals surface area contributed by atoms with E-state index in [1.165, 1.54) is 19.2 Å². The lowest BCUT2D eigenvalue weighted by Crippen LogP contribution is -2.01. The van der Waals surface area contributed by atoms with Gasteiger partial charge >= 0.3 is 5.97 Å². The summed E-state index contributed by atoms with van der Waals surface area (Å²) < 4.78 is 31.1. The highest BCUT2D eigenvalue weighted by molar-refractivity contribution is 5.69. The second kappa shape index (κ2) is 6.28. The van der Waals surface area contributed by atoms with Gasteiger partial charge in [0.1, 0.15) is 11.6 Å². The highest BCUT2D eigenvalue weighted by Gasteiger charge is 2.07. The molecule has 0 fully saturated rings. The van der Waals surface area contributed by atoms with Crippen LogP contribution < -0.4 is 0 Å². The van der Waals surface area contributed by atoms with E-state index in [1.54, 1.807) is 12.1 Å². The molecule has 0 unspecified atom stereocenters. The zero-order chi connectivity index (χ0) is 14.5. The van der Waals surface area contributed by atoms with Crippen molar-refractivity contribution in [1.29, 1.82) is 0 Å². The number of aryl methyl sites for hydroxylation is 1. The lowest BCUT2D eigenvalue weighted by molar-refractivity contribution is -0.140. The Hall–Kier alpha value is -2.23. The minimum absolute atomic E-state index is 0.265. The molecule has 2 aromatic rings. The van der Waals surface area contributed by atoms with E-state index < -0.39 is 11.6 Å². The molecular weight excluding hydrogens is 262 g/mol. The van der Waals surface area contributed by atoms with Crippen LogP contribution in [0.3, 0.4) is 0 Å². The fourth-order valence-corrected chi connectivity index (χ4v) is 1.92. The maximum atomic E-state index is 13.6. The fraction of sp³-hybridized carbons (Fsp3) is 0.188. The molecule has 0 N–H and O–H groups in total. The van der Waals surface area contributed by atoms with Crippen molar-refractivity contribution in [1.82, 2.24) is 0 Å². The molecule has 2 aromatic carbocycles. The Balaban J connectivity index is 2.13. The van der Waals surface area contributed by atoms with E-state index in [2.05, 4.69) is 4.74 Å². The molecule has 0 radical (unpaired) electrons. The van der Waals surface area contributed by atoms with Gasteiger partial charge in [0.2, 0.25) is 0 Å². The summed E-state index contributed by atoms with van der Waals surface area (Å²) in [6.07, 6.45) is 0.875. The number of carbonyl (C=O) groups is 1. The highest BCUT2D eigenvalue weighted by Crippen LogP contribution is 2.24. The molecular formula is C16H14F2O2. The van der Waals surface area contributed by atoms with Gasteiger partial charge in [-0.2, -0.15) is 0 Å². The number of rotatable bonds is 4. The maximum absolute atomic E-state index is 13.6. The average Bonchev–Trinajstić information content (AvgIpc) is 2.45. The number of ether oxygens (including phenoxy) is 1. The Morgan fingerprint density at radius 3 is 2.40 bits per heavy atom. The standard InChI is InChI=1S/C16H14F2O2/c1-20-16(19)9-4-11-2-5-12(6-3-11)14-8-7-13(17)10-15(14)18/h2-3,5-8,10H,4,9H2,1H3. The summed E-state index contributed by atoms with van der Waals surface area (Å²) in [6, 6.07) is 10.6. The van der Waals surface area contributed by atoms with Crippen molar-refractivity contribution in [2.45, 2.75) is 12.8 Å². The third kappa shape index (κ3) is 3.41. The molecule has 2 rings (SSSR count). The van der Waals surface area contributed by atoms with E-state index in [1.807, 2.05) is 12.1 Å². The Morgan fingerprint density at radius 2 is 1.80 bits per heavy atom. The summed E-state index contributed by atoms with van der Waals surface area (Å²) in [4.78, 5) is 11.0. The van der Waals surface area contributed by atoms with Gasteiger partial charge in [-0.3, -0.25) is 4.79 Å². The van der Waals surface area contributed by atoms with Crippen molar-refractivity contribution >= 4 is 5.97 Å². The van der Waals surface area contributed by atoms with E-state index in [-0.39, 0.29) is 5.97 Å². The van der Waals surface area contributed by atoms with Crippen LogP contribution >= 0.6 is 0 Å². The van der Waals surface area contributed by atoms with Gasteiger partial charge in [0.05, 0.1) is 7.11 Å². The second-order valence-electron chi connectivity index (χ2n) is 4.40. The predicted molar refractivity (Wildman–Crippen MR) is 72.1 cm³/mol. The predicted octanol–water partition coefficient (Wildman–Crippen LogP) is 3.74. The average molecular weight is 276 g/mol. The number of carbonyl (C=O) groups excluding carboxylic acids is 1. The number of hydrogen-bond acceptors (Lipinski definition) is 2. The van der Waals surface area contributed by atoms with Crippen LogP contribution in [0.5, 0.6) is 0 Å². The summed E-state index contributed by atoms with van der Waals surface area (Å²) in [5.41, 5.74) is 1.98. The van der Waals surface area contributed by atoms with E-state index >= 15 is 0 Å². The Bertz CT molecular complexity index is 606. The lowest BCUT2D eigenvalue weighted by Gasteiger charge is -2.05. The molecule has 0 aliphatic carbocycles. The Kier molecular flexibility index (Phi) is 4.45. The second-order valence-corrected chi connectivity index (χ2v) is 4.40. The van der Waals surface area contributed by atoms with Crippen LogP contribution in [0.1, 0.15) is 12.0 Å². The molecule has 0 saturated heterocycles. The summed E-state index contributed by atoms with van der Waals surface area (Å²) in [6.45, 7) is 0. The minimum atomic E-state index is -0.596. The van der Waals surface area contributed by atoms with E-state index in [0.29, 0.717) is 24.0 Å². The van der Waals surface area contributed by atoms with E-state index in [4.69, 9.17) is 0 Å². The summed E-state index contributed by atoms with van der Waals surface area (Å²) in [5, 5.41) is 0. The number of esters is 1. The van der Waals surface area contributed by atoms with Crippen molar-refractivity contribution in [3.8, 4) is 11.1 Å². The van der Waals surface area contributed by atoms with Gasteiger partial charge in [-0.1, -0.05) is 24.3 Å². The van der Waals surface area contributed by atoms with Gasteiger partial charge in [-0.05, 0) is 29.7 Å². The van der Waals surface area contributed by atoms with Gasteiger partial charge < -0.3 is 4.74 Å². The molecule has 2 nitrogen and oxygen atoms in total. The van der Waals surface area contributed by atoms with Gasteiger partial charge in [0.15, 0.2) is 0 Å². The largest absolute Gasteiger partial charge is 0.469 e. The lowest BCUT2D eigenvalue weighted by atomic mass is 10.0. The van der Waals surface area contributed by atoms with Crippen LogP contribution in [-0.2, 0) is 16.0 Å². The first-order valence-electron chi connectivity index (χ1n) is 6.21. The van der Waals surface area contributed by atoms with Gasteiger partial charge in [0.25, 0.3) is 0 Å². The van der Waals surface area contributed by atoms with Crippen molar-refractivity contribution in [3.05, 3.63) is 59.7 Å². The molecule has 0 aliphatic rings. The summed E-state index contributed by atoms with van der Waals surface area (Å²) in [5.74, 6) is -1.45. The monoisotopic (exact) mass is 276 g/mol. The third-order valence-electron chi connectivity index (χ3n) is 3.04. The Morgan fingerprint density at radius 1 is 1.10 bits per heavy atom. The van der Waals surface area contributed by atoms with Crippen molar-refractivity contribution in [3.63, 3.8) is 0 Å². The van der Waals surface area contributed by atoms with Crippen LogP contribution in [0.25, 0.3) is 11.1 Å². The number of hydrogen-bond donors (Lipinski definition) is 0. The molecule has 0 spiro atoms. The van der Waals surface area contributed by atoms with Crippen molar-refractivity contribution in [2.75, 3.05) is 7.11 Å². The first-order valence-corrected chi connectivity index (χ1v) is 6.21. The third-order valence-corrected chi connectivity index (χ3v) is 3.04. The summed E-state index contributed by atoms with van der Waals surface area (Å²) >= 11 is 0. The molecule has 0 atom stereocenters. The maximum Gasteiger partial charge on any atom is 0.305 e. The van der Waals surface area contributed by atoms with Gasteiger partial charge in [-0.15, -0.1) is 0 Å².